The minimum atomic E-state index is -0.410. The quantitative estimate of drug-likeness (QED) is 0.645. The van der Waals surface area contributed by atoms with Gasteiger partial charge in [0, 0.05) is 29.9 Å². The van der Waals surface area contributed by atoms with E-state index in [2.05, 4.69) is 17.6 Å². The summed E-state index contributed by atoms with van der Waals surface area (Å²) >= 11 is 0. The number of nitro benzene ring substituents is 1. The minimum Gasteiger partial charge on any atom is -0.484 e. The second-order valence-corrected chi connectivity index (χ2v) is 5.74. The van der Waals surface area contributed by atoms with E-state index in [-0.39, 0.29) is 11.8 Å². The monoisotopic (exact) mass is 293 g/mol. The van der Waals surface area contributed by atoms with E-state index in [0.717, 1.165) is 25.1 Å². The number of hydrogen-bond donors (Lipinski definition) is 2. The van der Waals surface area contributed by atoms with Gasteiger partial charge in [0.05, 0.1) is 11.0 Å². The van der Waals surface area contributed by atoms with Crippen molar-refractivity contribution in [1.29, 1.82) is 0 Å². The number of nitro groups is 1. The molecule has 0 radical (unpaired) electrons. The number of nitrogens with one attached hydrogen (secondary N) is 2. The van der Waals surface area contributed by atoms with Crippen LogP contribution in [0.25, 0.3) is 0 Å². The van der Waals surface area contributed by atoms with Gasteiger partial charge in [-0.15, -0.1) is 0 Å². The van der Waals surface area contributed by atoms with Crippen molar-refractivity contribution in [3.63, 3.8) is 0 Å². The molecule has 6 nitrogen and oxygen atoms in total. The Morgan fingerprint density at radius 3 is 2.86 bits per heavy atom. The normalized spacial score (nSPS) is 22.1. The third-order valence-electron chi connectivity index (χ3n) is 3.63. The van der Waals surface area contributed by atoms with E-state index >= 15 is 0 Å². The third-order valence-corrected chi connectivity index (χ3v) is 3.63. The fourth-order valence-corrected chi connectivity index (χ4v) is 2.56. The highest BCUT2D eigenvalue weighted by Gasteiger charge is 2.22. The molecule has 1 heterocycles. The number of rotatable bonds is 5. The van der Waals surface area contributed by atoms with Crippen LogP contribution in [0.3, 0.4) is 0 Å². The first kappa shape index (κ1) is 15.6. The molecule has 0 aromatic heterocycles. The van der Waals surface area contributed by atoms with Crippen molar-refractivity contribution >= 4 is 11.4 Å². The Morgan fingerprint density at radius 2 is 2.24 bits per heavy atom. The van der Waals surface area contributed by atoms with Crippen LogP contribution in [0.15, 0.2) is 18.2 Å². The molecule has 1 aliphatic heterocycles. The maximum absolute atomic E-state index is 11.1. The number of anilines is 1. The first-order valence-electron chi connectivity index (χ1n) is 7.42. The summed E-state index contributed by atoms with van der Waals surface area (Å²) in [6, 6.07) is 5.67. The van der Waals surface area contributed by atoms with Gasteiger partial charge in [-0.1, -0.05) is 0 Å². The Kier molecular flexibility index (Phi) is 5.01. The lowest BCUT2D eigenvalue weighted by molar-refractivity contribution is -0.386. The van der Waals surface area contributed by atoms with E-state index in [4.69, 9.17) is 4.74 Å². The topological polar surface area (TPSA) is 76.4 Å². The van der Waals surface area contributed by atoms with Crippen molar-refractivity contribution in [2.24, 2.45) is 0 Å². The maximum Gasteiger partial charge on any atom is 0.311 e. The minimum absolute atomic E-state index is 0.00377. The van der Waals surface area contributed by atoms with Crippen LogP contribution in [0.1, 0.15) is 33.6 Å². The molecular weight excluding hydrogens is 270 g/mol. The maximum atomic E-state index is 11.1. The summed E-state index contributed by atoms with van der Waals surface area (Å²) in [5.41, 5.74) is 0.862. The van der Waals surface area contributed by atoms with Crippen molar-refractivity contribution in [2.45, 2.75) is 51.8 Å². The van der Waals surface area contributed by atoms with Crippen molar-refractivity contribution in [2.75, 3.05) is 11.9 Å². The van der Waals surface area contributed by atoms with Gasteiger partial charge in [0.2, 0.25) is 0 Å². The van der Waals surface area contributed by atoms with Gasteiger partial charge in [-0.25, -0.2) is 0 Å². The average molecular weight is 293 g/mol. The van der Waals surface area contributed by atoms with Gasteiger partial charge < -0.3 is 15.4 Å². The summed E-state index contributed by atoms with van der Waals surface area (Å²) in [6.07, 6.45) is 2.12. The highest BCUT2D eigenvalue weighted by molar-refractivity contribution is 5.58. The number of hydrogen-bond acceptors (Lipinski definition) is 5. The lowest BCUT2D eigenvalue weighted by atomic mass is 9.99. The van der Waals surface area contributed by atoms with Gasteiger partial charge in [-0.2, -0.15) is 0 Å². The van der Waals surface area contributed by atoms with Crippen molar-refractivity contribution < 1.29 is 9.66 Å². The molecule has 0 bridgehead atoms. The second kappa shape index (κ2) is 6.76. The van der Waals surface area contributed by atoms with Gasteiger partial charge >= 0.3 is 5.69 Å². The third kappa shape index (κ3) is 4.07. The second-order valence-electron chi connectivity index (χ2n) is 5.74. The summed E-state index contributed by atoms with van der Waals surface area (Å²) in [5, 5.41) is 17.9. The van der Waals surface area contributed by atoms with Crippen LogP contribution in [0.2, 0.25) is 0 Å². The van der Waals surface area contributed by atoms with Gasteiger partial charge in [0.25, 0.3) is 0 Å². The predicted octanol–water partition coefficient (Wildman–Crippen LogP) is 2.93. The van der Waals surface area contributed by atoms with E-state index in [9.17, 15) is 10.1 Å². The highest BCUT2D eigenvalue weighted by Crippen LogP contribution is 2.31. The van der Waals surface area contributed by atoms with Gasteiger partial charge in [0.1, 0.15) is 0 Å². The molecule has 0 aliphatic carbocycles. The number of benzene rings is 1. The molecule has 2 rings (SSSR count). The van der Waals surface area contributed by atoms with E-state index in [1.54, 1.807) is 12.1 Å². The first-order chi connectivity index (χ1) is 9.97. The predicted molar refractivity (Wildman–Crippen MR) is 83.0 cm³/mol. The zero-order chi connectivity index (χ0) is 15.4. The molecule has 0 amide bonds. The lowest BCUT2D eigenvalue weighted by Crippen LogP contribution is -2.46. The van der Waals surface area contributed by atoms with Crippen LogP contribution < -0.4 is 15.4 Å². The van der Waals surface area contributed by atoms with E-state index in [1.165, 1.54) is 6.07 Å². The van der Waals surface area contributed by atoms with Crippen molar-refractivity contribution in [1.82, 2.24) is 5.32 Å². The molecule has 1 aromatic rings. The molecule has 0 saturated carbocycles. The molecular formula is C15H23N3O3. The molecule has 6 heteroatoms. The van der Waals surface area contributed by atoms with Crippen LogP contribution >= 0.6 is 0 Å². The van der Waals surface area contributed by atoms with E-state index in [1.807, 2.05) is 13.8 Å². The number of piperidine rings is 1. The lowest BCUT2D eigenvalue weighted by Gasteiger charge is -2.31. The SMILES string of the molecule is CC(C)Oc1cc(NC2CCCNC2C)ccc1[N+](=O)[O-]. The van der Waals surface area contributed by atoms with Crippen LogP contribution in [0, 0.1) is 10.1 Å². The molecule has 2 atom stereocenters. The van der Waals surface area contributed by atoms with Gasteiger partial charge in [0.15, 0.2) is 5.75 Å². The fourth-order valence-electron chi connectivity index (χ4n) is 2.56. The first-order valence-corrected chi connectivity index (χ1v) is 7.42. The molecule has 1 fully saturated rings. The molecule has 1 aliphatic rings. The Labute approximate surface area is 125 Å². The van der Waals surface area contributed by atoms with Crippen LogP contribution in [-0.2, 0) is 0 Å². The fraction of sp³-hybridized carbons (Fsp3) is 0.600. The van der Waals surface area contributed by atoms with E-state index < -0.39 is 4.92 Å². The number of ether oxygens (including phenoxy) is 1. The zero-order valence-corrected chi connectivity index (χ0v) is 12.8. The smallest absolute Gasteiger partial charge is 0.311 e. The Balaban J connectivity index is 2.18. The number of nitrogens with zero attached hydrogens (tertiary/aromatic N) is 1. The molecule has 0 spiro atoms. The van der Waals surface area contributed by atoms with Crippen molar-refractivity contribution in [3.05, 3.63) is 28.3 Å². The standard InChI is InChI=1S/C15H23N3O3/c1-10(2)21-15-9-12(6-7-14(15)18(19)20)17-13-5-4-8-16-11(13)3/h6-7,9-11,13,16-17H,4-5,8H2,1-3H3. The largest absolute Gasteiger partial charge is 0.484 e. The summed E-state index contributed by atoms with van der Waals surface area (Å²) in [6.45, 7) is 6.91. The molecule has 1 aromatic carbocycles. The van der Waals surface area contributed by atoms with Crippen LogP contribution in [-0.4, -0.2) is 29.7 Å². The molecule has 2 unspecified atom stereocenters. The average Bonchev–Trinajstić information content (AvgIpc) is 2.40. The summed E-state index contributed by atoms with van der Waals surface area (Å²) in [5.74, 6) is 0.316. The van der Waals surface area contributed by atoms with Gasteiger partial charge in [-0.05, 0) is 46.2 Å². The van der Waals surface area contributed by atoms with E-state index in [0.29, 0.717) is 17.8 Å². The Hall–Kier alpha value is -1.82. The molecule has 2 N–H and O–H groups in total. The Morgan fingerprint density at radius 1 is 1.48 bits per heavy atom. The summed E-state index contributed by atoms with van der Waals surface area (Å²) in [7, 11) is 0. The molecule has 21 heavy (non-hydrogen) atoms. The molecule has 1 saturated heterocycles. The zero-order valence-electron chi connectivity index (χ0n) is 12.8. The van der Waals surface area contributed by atoms with Crippen LogP contribution in [0.5, 0.6) is 5.75 Å². The van der Waals surface area contributed by atoms with Gasteiger partial charge in [-0.3, -0.25) is 10.1 Å². The summed E-state index contributed by atoms with van der Waals surface area (Å²) in [4.78, 5) is 10.6. The Bertz CT molecular complexity index is 505. The molecule has 116 valence electrons. The highest BCUT2D eigenvalue weighted by atomic mass is 16.6. The summed E-state index contributed by atoms with van der Waals surface area (Å²) < 4.78 is 5.57. The van der Waals surface area contributed by atoms with Crippen LogP contribution in [0.4, 0.5) is 11.4 Å². The van der Waals surface area contributed by atoms with Crippen molar-refractivity contribution in [3.8, 4) is 5.75 Å².